The summed E-state index contributed by atoms with van der Waals surface area (Å²) in [5.74, 6) is -1.78. The SMILES string of the molecule is C[C@H](OC(=O)CNC(=O)c1ccco1)C(=O)c1ccc(NS(C)(=O)=O)cc1. The standard InChI is InChI=1S/C17H18N2O7S/c1-11(26-15(20)10-18-17(22)14-4-3-9-25-14)16(21)12-5-7-13(8-6-12)19-27(2,23)24/h3-9,11,19H,10H2,1-2H3,(H,18,22)/t11-/m0/s1. The molecule has 1 aromatic heterocycles. The molecule has 0 aliphatic carbocycles. The van der Waals surface area contributed by atoms with E-state index in [0.29, 0.717) is 5.69 Å². The molecular weight excluding hydrogens is 376 g/mol. The summed E-state index contributed by atoms with van der Waals surface area (Å²) < 4.78 is 34.5. The number of sulfonamides is 1. The Hall–Kier alpha value is -3.14. The van der Waals surface area contributed by atoms with E-state index >= 15 is 0 Å². The third kappa shape index (κ3) is 6.26. The van der Waals surface area contributed by atoms with Gasteiger partial charge in [0.05, 0.1) is 12.5 Å². The molecule has 0 bridgehead atoms. The van der Waals surface area contributed by atoms with Gasteiger partial charge in [-0.15, -0.1) is 0 Å². The second-order valence-corrected chi connectivity index (χ2v) is 7.36. The fraction of sp³-hybridized carbons (Fsp3) is 0.235. The van der Waals surface area contributed by atoms with Crippen LogP contribution in [0.1, 0.15) is 27.8 Å². The largest absolute Gasteiger partial charge is 0.459 e. The Kier molecular flexibility index (Phi) is 6.35. The molecule has 0 fully saturated rings. The second kappa shape index (κ2) is 8.49. The molecular formula is C17H18N2O7S. The van der Waals surface area contributed by atoms with Gasteiger partial charge in [0.25, 0.3) is 5.91 Å². The van der Waals surface area contributed by atoms with Gasteiger partial charge in [-0.25, -0.2) is 8.42 Å². The number of ketones is 1. The quantitative estimate of drug-likeness (QED) is 0.508. The van der Waals surface area contributed by atoms with Crippen LogP contribution in [0.3, 0.4) is 0 Å². The molecule has 0 radical (unpaired) electrons. The van der Waals surface area contributed by atoms with E-state index in [2.05, 4.69) is 10.0 Å². The second-order valence-electron chi connectivity index (χ2n) is 5.61. The van der Waals surface area contributed by atoms with Gasteiger partial charge in [-0.1, -0.05) is 0 Å². The first-order chi connectivity index (χ1) is 12.7. The molecule has 0 aliphatic heterocycles. The van der Waals surface area contributed by atoms with Gasteiger partial charge in [-0.2, -0.15) is 0 Å². The Bertz CT molecular complexity index is 919. The van der Waals surface area contributed by atoms with Crippen LogP contribution in [0.15, 0.2) is 47.1 Å². The predicted molar refractivity (Wildman–Crippen MR) is 95.8 cm³/mol. The van der Waals surface area contributed by atoms with Crippen molar-refractivity contribution in [3.8, 4) is 0 Å². The molecule has 1 atom stereocenters. The summed E-state index contributed by atoms with van der Waals surface area (Å²) in [4.78, 5) is 35.7. The third-order valence-electron chi connectivity index (χ3n) is 3.29. The van der Waals surface area contributed by atoms with Crippen molar-refractivity contribution in [1.29, 1.82) is 0 Å². The zero-order valence-corrected chi connectivity index (χ0v) is 15.4. The average molecular weight is 394 g/mol. The van der Waals surface area contributed by atoms with Gasteiger partial charge in [0.15, 0.2) is 11.9 Å². The molecule has 1 heterocycles. The Morgan fingerprint density at radius 3 is 2.37 bits per heavy atom. The van der Waals surface area contributed by atoms with Crippen LogP contribution in [0.2, 0.25) is 0 Å². The van der Waals surface area contributed by atoms with E-state index in [0.717, 1.165) is 6.26 Å². The fourth-order valence-corrected chi connectivity index (χ4v) is 2.66. The molecule has 0 aliphatic rings. The zero-order chi connectivity index (χ0) is 20.0. The minimum Gasteiger partial charge on any atom is -0.459 e. The summed E-state index contributed by atoms with van der Waals surface area (Å²) in [6, 6.07) is 8.65. The van der Waals surface area contributed by atoms with Crippen molar-refractivity contribution in [1.82, 2.24) is 5.32 Å². The summed E-state index contributed by atoms with van der Waals surface area (Å²) in [5.41, 5.74) is 0.549. The van der Waals surface area contributed by atoms with Gasteiger partial charge in [0, 0.05) is 11.3 Å². The van der Waals surface area contributed by atoms with Crippen LogP contribution in [0.25, 0.3) is 0 Å². The molecule has 144 valence electrons. The van der Waals surface area contributed by atoms with E-state index in [1.807, 2.05) is 0 Å². The Labute approximate surface area is 155 Å². The first-order valence-electron chi connectivity index (χ1n) is 7.79. The number of esters is 1. The summed E-state index contributed by atoms with van der Waals surface area (Å²) in [7, 11) is -3.42. The van der Waals surface area contributed by atoms with Gasteiger partial charge < -0.3 is 14.5 Å². The summed E-state index contributed by atoms with van der Waals surface area (Å²) in [6.45, 7) is 0.978. The fourth-order valence-electron chi connectivity index (χ4n) is 2.09. The maximum Gasteiger partial charge on any atom is 0.326 e. The average Bonchev–Trinajstić information content (AvgIpc) is 3.13. The van der Waals surface area contributed by atoms with E-state index in [1.54, 1.807) is 0 Å². The van der Waals surface area contributed by atoms with E-state index < -0.39 is 40.3 Å². The van der Waals surface area contributed by atoms with Gasteiger partial charge in [-0.05, 0) is 43.3 Å². The number of Topliss-reactive ketones (excluding diaryl/α,β-unsaturated/α-hetero) is 1. The number of anilines is 1. The van der Waals surface area contributed by atoms with Gasteiger partial charge in [0.2, 0.25) is 15.8 Å². The maximum atomic E-state index is 12.3. The molecule has 0 saturated carbocycles. The summed E-state index contributed by atoms with van der Waals surface area (Å²) in [5, 5.41) is 2.31. The van der Waals surface area contributed by atoms with Gasteiger partial charge >= 0.3 is 5.97 Å². The van der Waals surface area contributed by atoms with Crippen molar-refractivity contribution in [3.63, 3.8) is 0 Å². The van der Waals surface area contributed by atoms with Crippen LogP contribution in [-0.4, -0.2) is 45.0 Å². The number of amides is 1. The van der Waals surface area contributed by atoms with E-state index in [1.165, 1.54) is 49.6 Å². The lowest BCUT2D eigenvalue weighted by Gasteiger charge is -2.13. The molecule has 27 heavy (non-hydrogen) atoms. The number of benzene rings is 1. The highest BCUT2D eigenvalue weighted by Crippen LogP contribution is 2.13. The smallest absolute Gasteiger partial charge is 0.326 e. The number of carbonyl (C=O) groups excluding carboxylic acids is 3. The summed E-state index contributed by atoms with van der Waals surface area (Å²) >= 11 is 0. The van der Waals surface area contributed by atoms with Crippen molar-refractivity contribution in [2.45, 2.75) is 13.0 Å². The zero-order valence-electron chi connectivity index (χ0n) is 14.6. The minimum absolute atomic E-state index is 0.0507. The molecule has 10 heteroatoms. The van der Waals surface area contributed by atoms with Gasteiger partial charge in [-0.3, -0.25) is 19.1 Å². The lowest BCUT2D eigenvalue weighted by Crippen LogP contribution is -2.33. The molecule has 0 saturated heterocycles. The van der Waals surface area contributed by atoms with Crippen molar-refractivity contribution < 1.29 is 32.0 Å². The normalized spacial score (nSPS) is 12.1. The number of rotatable bonds is 8. The lowest BCUT2D eigenvalue weighted by molar-refractivity contribution is -0.145. The molecule has 2 rings (SSSR count). The van der Waals surface area contributed by atoms with E-state index in [-0.39, 0.29) is 11.3 Å². The maximum absolute atomic E-state index is 12.3. The number of ether oxygens (including phenoxy) is 1. The van der Waals surface area contributed by atoms with Crippen LogP contribution in [0, 0.1) is 0 Å². The van der Waals surface area contributed by atoms with Crippen molar-refractivity contribution in [2.75, 3.05) is 17.5 Å². The van der Waals surface area contributed by atoms with Crippen LogP contribution in [-0.2, 0) is 19.6 Å². The first-order valence-corrected chi connectivity index (χ1v) is 9.68. The molecule has 1 amide bonds. The highest BCUT2D eigenvalue weighted by atomic mass is 32.2. The molecule has 0 spiro atoms. The van der Waals surface area contributed by atoms with E-state index in [9.17, 15) is 22.8 Å². The monoisotopic (exact) mass is 394 g/mol. The van der Waals surface area contributed by atoms with Crippen molar-refractivity contribution >= 4 is 33.4 Å². The number of nitrogens with one attached hydrogen (secondary N) is 2. The number of furan rings is 1. The molecule has 2 N–H and O–H groups in total. The van der Waals surface area contributed by atoms with Crippen LogP contribution >= 0.6 is 0 Å². The van der Waals surface area contributed by atoms with Crippen LogP contribution in [0.5, 0.6) is 0 Å². The highest BCUT2D eigenvalue weighted by molar-refractivity contribution is 7.92. The highest BCUT2D eigenvalue weighted by Gasteiger charge is 2.20. The predicted octanol–water partition coefficient (Wildman–Crippen LogP) is 1.20. The minimum atomic E-state index is -3.42. The number of hydrogen-bond acceptors (Lipinski definition) is 7. The topological polar surface area (TPSA) is 132 Å². The van der Waals surface area contributed by atoms with Crippen LogP contribution in [0.4, 0.5) is 5.69 Å². The Balaban J connectivity index is 1.87. The van der Waals surface area contributed by atoms with Gasteiger partial charge in [0.1, 0.15) is 6.54 Å². The molecule has 0 unspecified atom stereocenters. The molecule has 9 nitrogen and oxygen atoms in total. The van der Waals surface area contributed by atoms with Crippen molar-refractivity contribution in [2.24, 2.45) is 0 Å². The van der Waals surface area contributed by atoms with Crippen LogP contribution < -0.4 is 10.0 Å². The third-order valence-corrected chi connectivity index (χ3v) is 3.89. The molecule has 1 aromatic carbocycles. The van der Waals surface area contributed by atoms with E-state index in [4.69, 9.17) is 9.15 Å². The first kappa shape index (κ1) is 20.2. The Morgan fingerprint density at radius 1 is 1.15 bits per heavy atom. The number of hydrogen-bond donors (Lipinski definition) is 2. The number of carbonyl (C=O) groups is 3. The summed E-state index contributed by atoms with van der Waals surface area (Å²) in [6.07, 6.45) is 1.26. The Morgan fingerprint density at radius 2 is 1.81 bits per heavy atom. The lowest BCUT2D eigenvalue weighted by atomic mass is 10.1. The molecule has 2 aromatic rings. The van der Waals surface area contributed by atoms with Crippen molar-refractivity contribution in [3.05, 3.63) is 54.0 Å².